The van der Waals surface area contributed by atoms with Gasteiger partial charge in [-0.15, -0.1) is 0 Å². The Morgan fingerprint density at radius 2 is 1.67 bits per heavy atom. The maximum absolute atomic E-state index is 13.6. The van der Waals surface area contributed by atoms with Gasteiger partial charge < -0.3 is 25.2 Å². The molecule has 0 spiro atoms. The second kappa shape index (κ2) is 13.4. The minimum Gasteiger partial charge on any atom is -0.495 e. The Balaban J connectivity index is 0.000000463. The van der Waals surface area contributed by atoms with E-state index in [2.05, 4.69) is 40.1 Å². The average molecular weight is 645 g/mol. The first-order chi connectivity index (χ1) is 22.0. The highest BCUT2D eigenvalue weighted by Gasteiger charge is 2.24. The lowest BCUT2D eigenvalue weighted by Gasteiger charge is -2.38. The van der Waals surface area contributed by atoms with Crippen molar-refractivity contribution in [3.05, 3.63) is 88.7 Å². The molecule has 1 fully saturated rings. The molecule has 238 valence electrons. The topological polar surface area (TPSA) is 152 Å². The van der Waals surface area contributed by atoms with Crippen LogP contribution in [0.25, 0.3) is 38.8 Å². The van der Waals surface area contributed by atoms with Crippen LogP contribution in [0.5, 0.6) is 5.75 Å². The minimum absolute atomic E-state index is 0.156. The Bertz CT molecular complexity index is 2010. The van der Waals surface area contributed by atoms with Gasteiger partial charge in [-0.2, -0.15) is 0 Å². The fourth-order valence-corrected chi connectivity index (χ4v) is 5.96. The van der Waals surface area contributed by atoms with Crippen LogP contribution >= 0.6 is 11.6 Å². The Hall–Kier alpha value is -5.20. The third-order valence-corrected chi connectivity index (χ3v) is 7.92. The molecule has 0 saturated carbocycles. The summed E-state index contributed by atoms with van der Waals surface area (Å²) in [4.78, 5) is 43.9. The third kappa shape index (κ3) is 6.72. The first-order valence-electron chi connectivity index (χ1n) is 14.4. The number of carboxylic acid groups (broad SMARTS) is 2. The van der Waals surface area contributed by atoms with E-state index in [9.17, 15) is 14.4 Å². The lowest BCUT2D eigenvalue weighted by molar-refractivity contribution is -0.134. The van der Waals surface area contributed by atoms with Gasteiger partial charge in [0.05, 0.1) is 52.5 Å². The number of rotatable bonds is 6. The summed E-state index contributed by atoms with van der Waals surface area (Å²) in [5.74, 6) is -1.83. The predicted molar refractivity (Wildman–Crippen MR) is 177 cm³/mol. The van der Waals surface area contributed by atoms with Crippen LogP contribution in [-0.4, -0.2) is 73.5 Å². The summed E-state index contributed by atoms with van der Waals surface area (Å²) in [5, 5.41) is 20.7. The SMILES string of the molecule is COc1cncc(-c2ccc3ncc4c(c3c2)n(-c2ccc(N3CC(C)NC(C)C3)c(Cl)c2)c(=O)n4C)c1.O=C(O)C=CC(=O)O. The van der Waals surface area contributed by atoms with Crippen molar-refractivity contribution in [1.29, 1.82) is 0 Å². The van der Waals surface area contributed by atoms with Crippen LogP contribution in [0.3, 0.4) is 0 Å². The normalized spacial score (nSPS) is 16.4. The zero-order chi connectivity index (χ0) is 33.1. The minimum atomic E-state index is -1.26. The number of nitrogens with one attached hydrogen (secondary N) is 1. The van der Waals surface area contributed by atoms with Gasteiger partial charge in [-0.3, -0.25) is 19.1 Å². The van der Waals surface area contributed by atoms with Crippen LogP contribution < -0.4 is 20.6 Å². The highest BCUT2D eigenvalue weighted by atomic mass is 35.5. The molecule has 2 unspecified atom stereocenters. The molecule has 1 aliphatic heterocycles. The second-order valence-electron chi connectivity index (χ2n) is 11.0. The molecule has 3 aromatic heterocycles. The zero-order valence-corrected chi connectivity index (χ0v) is 26.4. The van der Waals surface area contributed by atoms with Crippen molar-refractivity contribution in [2.45, 2.75) is 25.9 Å². The standard InChI is InChI=1S/C29H29ClN6O2.C4H4O4/c1-17-15-35(16-18(2)33-17)26-8-6-21(11-24(26)30)36-28-23-10-19(20-9-22(38-4)13-31-12-20)5-7-25(23)32-14-27(28)34(3)29(36)37;5-3(6)1-2-4(7)8/h5-14,17-18,33H,15-16H2,1-4H3;1-2H,(H,5,6)(H,7,8). The quantitative estimate of drug-likeness (QED) is 0.225. The van der Waals surface area contributed by atoms with Gasteiger partial charge in [-0.1, -0.05) is 17.7 Å². The van der Waals surface area contributed by atoms with Crippen LogP contribution in [0, 0.1) is 0 Å². The molecule has 1 aliphatic rings. The molecule has 0 bridgehead atoms. The molecular formula is C33H33ClN6O6. The number of halogens is 1. The molecule has 2 aromatic carbocycles. The molecule has 0 amide bonds. The Labute approximate surface area is 269 Å². The molecule has 13 heteroatoms. The number of carbonyl (C=O) groups is 2. The van der Waals surface area contributed by atoms with Crippen LogP contribution in [0.15, 0.2) is 78.0 Å². The number of aromatic nitrogens is 4. The van der Waals surface area contributed by atoms with Gasteiger partial charge in [-0.05, 0) is 55.8 Å². The largest absolute Gasteiger partial charge is 0.495 e. The molecule has 6 rings (SSSR count). The van der Waals surface area contributed by atoms with E-state index in [-0.39, 0.29) is 5.69 Å². The summed E-state index contributed by atoms with van der Waals surface area (Å²) in [7, 11) is 3.39. The van der Waals surface area contributed by atoms with Crippen molar-refractivity contribution in [3.63, 3.8) is 0 Å². The Kier molecular flexibility index (Phi) is 9.40. The molecule has 1 saturated heterocycles. The lowest BCUT2D eigenvalue weighted by atomic mass is 10.0. The molecule has 3 N–H and O–H groups in total. The van der Waals surface area contributed by atoms with E-state index in [1.54, 1.807) is 41.9 Å². The van der Waals surface area contributed by atoms with Crippen molar-refractivity contribution in [2.24, 2.45) is 7.05 Å². The molecule has 4 heterocycles. The van der Waals surface area contributed by atoms with E-state index in [1.165, 1.54) is 0 Å². The highest BCUT2D eigenvalue weighted by Crippen LogP contribution is 2.33. The smallest absolute Gasteiger partial charge is 0.333 e. The van der Waals surface area contributed by atoms with Gasteiger partial charge in [-0.25, -0.2) is 14.4 Å². The van der Waals surface area contributed by atoms with E-state index < -0.39 is 11.9 Å². The van der Waals surface area contributed by atoms with Crippen LogP contribution in [-0.2, 0) is 16.6 Å². The average Bonchev–Trinajstić information content (AvgIpc) is 3.29. The summed E-state index contributed by atoms with van der Waals surface area (Å²) in [5.41, 5.74) is 5.73. The number of aliphatic carboxylic acids is 2. The monoisotopic (exact) mass is 644 g/mol. The maximum Gasteiger partial charge on any atom is 0.333 e. The van der Waals surface area contributed by atoms with Gasteiger partial charge in [0.25, 0.3) is 0 Å². The van der Waals surface area contributed by atoms with E-state index in [0.717, 1.165) is 51.8 Å². The summed E-state index contributed by atoms with van der Waals surface area (Å²) in [6, 6.07) is 14.6. The van der Waals surface area contributed by atoms with Crippen molar-refractivity contribution < 1.29 is 24.5 Å². The number of hydrogen-bond acceptors (Lipinski definition) is 8. The fraction of sp³-hybridized carbons (Fsp3) is 0.242. The first-order valence-corrected chi connectivity index (χ1v) is 14.8. The number of carboxylic acids is 2. The van der Waals surface area contributed by atoms with Crippen molar-refractivity contribution in [3.8, 4) is 22.6 Å². The van der Waals surface area contributed by atoms with Gasteiger partial charge in [0.2, 0.25) is 0 Å². The Morgan fingerprint density at radius 3 is 2.30 bits per heavy atom. The maximum atomic E-state index is 13.6. The summed E-state index contributed by atoms with van der Waals surface area (Å²) >= 11 is 6.86. The van der Waals surface area contributed by atoms with Gasteiger partial charge >= 0.3 is 17.6 Å². The van der Waals surface area contributed by atoms with E-state index in [4.69, 9.17) is 26.6 Å². The number of piperazine rings is 1. The summed E-state index contributed by atoms with van der Waals surface area (Å²) in [6.45, 7) is 6.09. The number of pyridine rings is 2. The van der Waals surface area contributed by atoms with Gasteiger partial charge in [0.15, 0.2) is 0 Å². The summed E-state index contributed by atoms with van der Waals surface area (Å²) in [6.07, 6.45) is 6.34. The number of methoxy groups -OCH3 is 1. The van der Waals surface area contributed by atoms with Crippen LogP contribution in [0.1, 0.15) is 13.8 Å². The number of nitrogens with zero attached hydrogens (tertiary/aromatic N) is 5. The third-order valence-electron chi connectivity index (χ3n) is 7.62. The molecule has 12 nitrogen and oxygen atoms in total. The number of fused-ring (bicyclic) bond motifs is 3. The molecule has 2 atom stereocenters. The summed E-state index contributed by atoms with van der Waals surface area (Å²) < 4.78 is 8.72. The van der Waals surface area contributed by atoms with Crippen molar-refractivity contribution >= 4 is 51.2 Å². The first kappa shape index (κ1) is 32.2. The van der Waals surface area contributed by atoms with Crippen molar-refractivity contribution in [2.75, 3.05) is 25.1 Å². The lowest BCUT2D eigenvalue weighted by Crippen LogP contribution is -2.54. The number of ether oxygens (including phenoxy) is 1. The van der Waals surface area contributed by atoms with E-state index in [1.807, 2.05) is 36.4 Å². The number of benzene rings is 2. The molecule has 0 aliphatic carbocycles. The highest BCUT2D eigenvalue weighted by molar-refractivity contribution is 6.33. The number of aryl methyl sites for hydroxylation is 1. The number of anilines is 1. The second-order valence-corrected chi connectivity index (χ2v) is 11.4. The van der Waals surface area contributed by atoms with Gasteiger partial charge in [0.1, 0.15) is 5.75 Å². The van der Waals surface area contributed by atoms with E-state index in [0.29, 0.717) is 40.7 Å². The van der Waals surface area contributed by atoms with Crippen molar-refractivity contribution in [1.82, 2.24) is 24.4 Å². The fourth-order valence-electron chi connectivity index (χ4n) is 5.66. The molecule has 0 radical (unpaired) electrons. The zero-order valence-electron chi connectivity index (χ0n) is 25.6. The van der Waals surface area contributed by atoms with Crippen LogP contribution in [0.4, 0.5) is 5.69 Å². The Morgan fingerprint density at radius 1 is 0.978 bits per heavy atom. The van der Waals surface area contributed by atoms with Gasteiger partial charge in [0, 0.05) is 61.5 Å². The molecular weight excluding hydrogens is 612 g/mol. The molecule has 5 aromatic rings. The number of hydrogen-bond donors (Lipinski definition) is 3. The van der Waals surface area contributed by atoms with E-state index >= 15 is 0 Å². The number of imidazole rings is 1. The predicted octanol–water partition coefficient (Wildman–Crippen LogP) is 4.50. The molecule has 46 heavy (non-hydrogen) atoms. The van der Waals surface area contributed by atoms with Crippen LogP contribution in [0.2, 0.25) is 5.02 Å².